The Morgan fingerprint density at radius 3 is 2.63 bits per heavy atom. The molecule has 104 valence electrons. The molecule has 0 aromatic heterocycles. The van der Waals surface area contributed by atoms with Gasteiger partial charge in [-0.15, -0.1) is 0 Å². The van der Waals surface area contributed by atoms with Gasteiger partial charge in [-0.05, 0) is 32.0 Å². The Kier molecular flexibility index (Phi) is 4.97. The fraction of sp³-hybridized carbons (Fsp3) is 0.562. The van der Waals surface area contributed by atoms with Crippen LogP contribution in [-0.4, -0.2) is 37.4 Å². The van der Waals surface area contributed by atoms with E-state index in [1.807, 2.05) is 24.3 Å². The molecule has 0 saturated heterocycles. The number of hydrogen-bond acceptors (Lipinski definition) is 3. The van der Waals surface area contributed by atoms with Crippen molar-refractivity contribution in [3.8, 4) is 5.75 Å². The van der Waals surface area contributed by atoms with E-state index in [9.17, 15) is 4.79 Å². The number of hydrogen-bond donors (Lipinski definition) is 0. The lowest BCUT2D eigenvalue weighted by atomic mass is 9.94. The van der Waals surface area contributed by atoms with E-state index in [2.05, 4.69) is 11.9 Å². The molecule has 0 heterocycles. The normalized spacial score (nSPS) is 16.6. The summed E-state index contributed by atoms with van der Waals surface area (Å²) in [5.41, 5.74) is 0.688. The van der Waals surface area contributed by atoms with Crippen molar-refractivity contribution in [3.63, 3.8) is 0 Å². The average Bonchev–Trinajstić information content (AvgIpc) is 2.48. The molecule has 1 aromatic carbocycles. The van der Waals surface area contributed by atoms with Crippen molar-refractivity contribution < 1.29 is 9.53 Å². The standard InChI is InChI=1S/C16H23NO2/c1-17(13-8-4-3-5-9-13)12-15(18)14-10-6-7-11-16(14)19-2/h6-7,10-11,13H,3-5,8-9,12H2,1-2H3. The maximum absolute atomic E-state index is 12.4. The van der Waals surface area contributed by atoms with Gasteiger partial charge >= 0.3 is 0 Å². The highest BCUT2D eigenvalue weighted by Crippen LogP contribution is 2.23. The van der Waals surface area contributed by atoms with Crippen LogP contribution in [0.15, 0.2) is 24.3 Å². The van der Waals surface area contributed by atoms with E-state index < -0.39 is 0 Å². The van der Waals surface area contributed by atoms with Crippen molar-refractivity contribution in [2.45, 2.75) is 38.1 Å². The van der Waals surface area contributed by atoms with Crippen molar-refractivity contribution in [1.82, 2.24) is 4.90 Å². The minimum atomic E-state index is 0.144. The maximum atomic E-state index is 12.4. The van der Waals surface area contributed by atoms with E-state index in [1.54, 1.807) is 7.11 Å². The van der Waals surface area contributed by atoms with E-state index in [-0.39, 0.29) is 5.78 Å². The van der Waals surface area contributed by atoms with Crippen LogP contribution in [0.4, 0.5) is 0 Å². The lowest BCUT2D eigenvalue weighted by Gasteiger charge is -2.30. The van der Waals surface area contributed by atoms with Crippen LogP contribution in [0.3, 0.4) is 0 Å². The van der Waals surface area contributed by atoms with E-state index >= 15 is 0 Å². The van der Waals surface area contributed by atoms with Crippen LogP contribution in [0.1, 0.15) is 42.5 Å². The number of Topliss-reactive ketones (excluding diaryl/α,β-unsaturated/α-hetero) is 1. The number of carbonyl (C=O) groups is 1. The molecule has 1 aromatic rings. The highest BCUT2D eigenvalue weighted by molar-refractivity contribution is 6.00. The molecule has 19 heavy (non-hydrogen) atoms. The van der Waals surface area contributed by atoms with Crippen LogP contribution in [-0.2, 0) is 0 Å². The fourth-order valence-corrected chi connectivity index (χ4v) is 2.84. The minimum Gasteiger partial charge on any atom is -0.496 e. The fourth-order valence-electron chi connectivity index (χ4n) is 2.84. The quantitative estimate of drug-likeness (QED) is 0.763. The van der Waals surface area contributed by atoms with E-state index in [1.165, 1.54) is 32.1 Å². The topological polar surface area (TPSA) is 29.5 Å². The molecule has 3 nitrogen and oxygen atoms in total. The number of rotatable bonds is 5. The summed E-state index contributed by atoms with van der Waals surface area (Å²) >= 11 is 0. The van der Waals surface area contributed by atoms with Gasteiger partial charge in [-0.1, -0.05) is 31.4 Å². The summed E-state index contributed by atoms with van der Waals surface area (Å²) in [6.07, 6.45) is 6.35. The Morgan fingerprint density at radius 1 is 1.26 bits per heavy atom. The second-order valence-corrected chi connectivity index (χ2v) is 5.33. The van der Waals surface area contributed by atoms with Crippen molar-refractivity contribution >= 4 is 5.78 Å². The van der Waals surface area contributed by atoms with Crippen LogP contribution < -0.4 is 4.74 Å². The first-order valence-electron chi connectivity index (χ1n) is 7.09. The first-order chi connectivity index (χ1) is 9.22. The van der Waals surface area contributed by atoms with Crippen molar-refractivity contribution in [1.29, 1.82) is 0 Å². The van der Waals surface area contributed by atoms with Crippen LogP contribution in [0.25, 0.3) is 0 Å². The summed E-state index contributed by atoms with van der Waals surface area (Å²) in [6.45, 7) is 0.477. The minimum absolute atomic E-state index is 0.144. The number of ether oxygens (including phenoxy) is 1. The van der Waals surface area contributed by atoms with Crippen molar-refractivity contribution in [2.24, 2.45) is 0 Å². The van der Waals surface area contributed by atoms with E-state index in [0.29, 0.717) is 23.9 Å². The molecule has 1 saturated carbocycles. The van der Waals surface area contributed by atoms with Gasteiger partial charge < -0.3 is 4.74 Å². The summed E-state index contributed by atoms with van der Waals surface area (Å²) in [5, 5.41) is 0. The number of likely N-dealkylation sites (N-methyl/N-ethyl adjacent to an activating group) is 1. The molecule has 0 bridgehead atoms. The SMILES string of the molecule is COc1ccccc1C(=O)CN(C)C1CCCCC1. The molecule has 0 unspecified atom stereocenters. The van der Waals surface area contributed by atoms with Crippen molar-refractivity contribution in [3.05, 3.63) is 29.8 Å². The van der Waals surface area contributed by atoms with Crippen LogP contribution in [0, 0.1) is 0 Å². The Labute approximate surface area is 115 Å². The number of nitrogens with zero attached hydrogens (tertiary/aromatic N) is 1. The van der Waals surface area contributed by atoms with Gasteiger partial charge in [0.25, 0.3) is 0 Å². The van der Waals surface area contributed by atoms with Gasteiger partial charge in [0, 0.05) is 6.04 Å². The average molecular weight is 261 g/mol. The summed E-state index contributed by atoms with van der Waals surface area (Å²) in [6, 6.07) is 8.02. The highest BCUT2D eigenvalue weighted by atomic mass is 16.5. The second kappa shape index (κ2) is 6.71. The zero-order valence-electron chi connectivity index (χ0n) is 11.9. The molecule has 0 aliphatic heterocycles. The van der Waals surface area contributed by atoms with Gasteiger partial charge in [0.1, 0.15) is 5.75 Å². The summed E-state index contributed by atoms with van der Waals surface area (Å²) in [5.74, 6) is 0.815. The third-order valence-electron chi connectivity index (χ3n) is 4.00. The summed E-state index contributed by atoms with van der Waals surface area (Å²) in [7, 11) is 3.67. The molecule has 2 rings (SSSR count). The predicted molar refractivity (Wildman–Crippen MR) is 76.8 cm³/mol. The number of benzene rings is 1. The Morgan fingerprint density at radius 2 is 1.95 bits per heavy atom. The smallest absolute Gasteiger partial charge is 0.180 e. The molecule has 0 radical (unpaired) electrons. The van der Waals surface area contributed by atoms with Gasteiger partial charge in [0.2, 0.25) is 0 Å². The number of para-hydroxylation sites is 1. The Bertz CT molecular complexity index is 425. The monoisotopic (exact) mass is 261 g/mol. The third-order valence-corrected chi connectivity index (χ3v) is 4.00. The zero-order valence-corrected chi connectivity index (χ0v) is 11.9. The number of carbonyl (C=O) groups excluding carboxylic acids is 1. The molecule has 0 atom stereocenters. The largest absolute Gasteiger partial charge is 0.496 e. The number of ketones is 1. The summed E-state index contributed by atoms with van der Waals surface area (Å²) < 4.78 is 5.25. The molecular weight excluding hydrogens is 238 g/mol. The molecule has 0 amide bonds. The zero-order chi connectivity index (χ0) is 13.7. The lowest BCUT2D eigenvalue weighted by Crippen LogP contribution is -2.37. The first-order valence-corrected chi connectivity index (χ1v) is 7.09. The van der Waals surface area contributed by atoms with E-state index in [0.717, 1.165) is 0 Å². The molecule has 0 spiro atoms. The van der Waals surface area contributed by atoms with Crippen LogP contribution >= 0.6 is 0 Å². The van der Waals surface area contributed by atoms with Gasteiger partial charge in [0.05, 0.1) is 19.2 Å². The molecule has 0 N–H and O–H groups in total. The van der Waals surface area contributed by atoms with Crippen molar-refractivity contribution in [2.75, 3.05) is 20.7 Å². The van der Waals surface area contributed by atoms with Gasteiger partial charge in [0.15, 0.2) is 5.78 Å². The first kappa shape index (κ1) is 14.1. The van der Waals surface area contributed by atoms with Crippen LogP contribution in [0.2, 0.25) is 0 Å². The Hall–Kier alpha value is -1.35. The number of methoxy groups -OCH3 is 1. The van der Waals surface area contributed by atoms with Gasteiger partial charge in [-0.3, -0.25) is 9.69 Å². The van der Waals surface area contributed by atoms with Gasteiger partial charge in [-0.2, -0.15) is 0 Å². The Balaban J connectivity index is 1.99. The second-order valence-electron chi connectivity index (χ2n) is 5.33. The summed E-state index contributed by atoms with van der Waals surface area (Å²) in [4.78, 5) is 14.6. The third kappa shape index (κ3) is 3.57. The highest BCUT2D eigenvalue weighted by Gasteiger charge is 2.21. The molecule has 1 fully saturated rings. The van der Waals surface area contributed by atoms with E-state index in [4.69, 9.17) is 4.74 Å². The predicted octanol–water partition coefficient (Wildman–Crippen LogP) is 3.14. The van der Waals surface area contributed by atoms with Crippen LogP contribution in [0.5, 0.6) is 5.75 Å². The lowest BCUT2D eigenvalue weighted by molar-refractivity contribution is 0.0896. The molecule has 1 aliphatic carbocycles. The molecule has 1 aliphatic rings. The van der Waals surface area contributed by atoms with Gasteiger partial charge in [-0.25, -0.2) is 0 Å². The molecule has 3 heteroatoms. The molecular formula is C16H23NO2. The maximum Gasteiger partial charge on any atom is 0.180 e.